The number of nitrogens with two attached hydrogens (primary N) is 1. The van der Waals surface area contributed by atoms with Gasteiger partial charge in [0.15, 0.2) is 0 Å². The van der Waals surface area contributed by atoms with Crippen molar-refractivity contribution in [1.29, 1.82) is 0 Å². The number of carboxylic acids is 1. The van der Waals surface area contributed by atoms with E-state index in [0.29, 0.717) is 26.1 Å². The molecule has 0 radical (unpaired) electrons. The minimum Gasteiger partial charge on any atom is -0.480 e. The topological polar surface area (TPSA) is 122 Å². The zero-order valence-electron chi connectivity index (χ0n) is 11.3. The average Bonchev–Trinajstić information content (AvgIpc) is 2.38. The molecule has 1 rings (SSSR count). The van der Waals surface area contributed by atoms with Crippen LogP contribution in [0.5, 0.6) is 0 Å². The maximum Gasteiger partial charge on any atom is 0.326 e. The van der Waals surface area contributed by atoms with Gasteiger partial charge in [-0.2, -0.15) is 0 Å². The summed E-state index contributed by atoms with van der Waals surface area (Å²) in [5.74, 6) is -2.07. The lowest BCUT2D eigenvalue weighted by Crippen LogP contribution is -2.50. The fourth-order valence-corrected chi connectivity index (χ4v) is 1.85. The number of hydrogen-bond donors (Lipinski definition) is 3. The summed E-state index contributed by atoms with van der Waals surface area (Å²) in [6.45, 7) is 1.38. The molecule has 0 unspecified atom stereocenters. The predicted octanol–water partition coefficient (Wildman–Crippen LogP) is -0.697. The molecule has 3 amide bonds. The van der Waals surface area contributed by atoms with Gasteiger partial charge >= 0.3 is 12.0 Å². The molecule has 1 aliphatic heterocycles. The maximum absolute atomic E-state index is 11.9. The fraction of sp³-hybridized carbons (Fsp3) is 0.583. The molecule has 0 aliphatic carbocycles. The smallest absolute Gasteiger partial charge is 0.326 e. The molecular formula is C12H19N3O5. The summed E-state index contributed by atoms with van der Waals surface area (Å²) in [6.07, 6.45) is 2.12. The Bertz CT molecular complexity index is 421. The molecule has 0 aromatic rings. The zero-order valence-corrected chi connectivity index (χ0v) is 11.3. The van der Waals surface area contributed by atoms with E-state index in [1.165, 1.54) is 4.90 Å². The lowest BCUT2D eigenvalue weighted by Gasteiger charge is -2.27. The Morgan fingerprint density at radius 3 is 2.70 bits per heavy atom. The molecule has 112 valence electrons. The Morgan fingerprint density at radius 1 is 1.55 bits per heavy atom. The number of ether oxygens (including phenoxy) is 1. The summed E-state index contributed by atoms with van der Waals surface area (Å²) in [6, 6.07) is -1.82. The Balaban J connectivity index is 2.54. The van der Waals surface area contributed by atoms with Gasteiger partial charge in [0.05, 0.1) is 13.0 Å². The van der Waals surface area contributed by atoms with Crippen molar-refractivity contribution < 1.29 is 24.2 Å². The van der Waals surface area contributed by atoms with E-state index in [9.17, 15) is 14.4 Å². The molecule has 0 aromatic carbocycles. The van der Waals surface area contributed by atoms with Crippen molar-refractivity contribution in [3.05, 3.63) is 11.6 Å². The summed E-state index contributed by atoms with van der Waals surface area (Å²) in [5.41, 5.74) is 6.05. The molecule has 0 aromatic heterocycles. The Labute approximate surface area is 116 Å². The van der Waals surface area contributed by atoms with Crippen molar-refractivity contribution in [2.75, 3.05) is 26.8 Å². The van der Waals surface area contributed by atoms with E-state index >= 15 is 0 Å². The van der Waals surface area contributed by atoms with Crippen LogP contribution in [0.4, 0.5) is 4.79 Å². The molecule has 0 spiro atoms. The van der Waals surface area contributed by atoms with Gasteiger partial charge in [0, 0.05) is 20.2 Å². The van der Waals surface area contributed by atoms with Gasteiger partial charge < -0.3 is 25.8 Å². The van der Waals surface area contributed by atoms with Gasteiger partial charge in [-0.05, 0) is 12.0 Å². The van der Waals surface area contributed by atoms with E-state index in [1.807, 2.05) is 6.08 Å². The third-order valence-electron chi connectivity index (χ3n) is 2.92. The third kappa shape index (κ3) is 4.88. The van der Waals surface area contributed by atoms with Crippen molar-refractivity contribution in [1.82, 2.24) is 10.2 Å². The van der Waals surface area contributed by atoms with Gasteiger partial charge in [-0.1, -0.05) is 6.08 Å². The number of rotatable bonds is 6. The number of carbonyl (C=O) groups excluding carboxylic acids is 2. The SMILES string of the molecule is COCC1=CCN(C(=O)N[C@H](CC(N)=O)C(=O)O)CC1. The molecule has 0 fully saturated rings. The van der Waals surface area contributed by atoms with Gasteiger partial charge in [-0.3, -0.25) is 4.79 Å². The van der Waals surface area contributed by atoms with Crippen molar-refractivity contribution in [2.45, 2.75) is 18.9 Å². The highest BCUT2D eigenvalue weighted by molar-refractivity contribution is 5.87. The fourth-order valence-electron chi connectivity index (χ4n) is 1.85. The Morgan fingerprint density at radius 2 is 2.25 bits per heavy atom. The largest absolute Gasteiger partial charge is 0.480 e. The van der Waals surface area contributed by atoms with Crippen LogP contribution in [0.2, 0.25) is 0 Å². The maximum atomic E-state index is 11.9. The van der Waals surface area contributed by atoms with Gasteiger partial charge in [-0.25, -0.2) is 9.59 Å². The van der Waals surface area contributed by atoms with Crippen LogP contribution >= 0.6 is 0 Å². The number of aliphatic carboxylic acids is 1. The van der Waals surface area contributed by atoms with E-state index in [4.69, 9.17) is 15.6 Å². The number of methoxy groups -OCH3 is 1. The standard InChI is InChI=1S/C12H19N3O5/c1-20-7-8-2-4-15(5-3-8)12(19)14-9(11(17)18)6-10(13)16/h2,9H,3-7H2,1H3,(H2,13,16)(H,14,19)(H,17,18)/t9-/m1/s1. The van der Waals surface area contributed by atoms with Gasteiger partial charge in [0.1, 0.15) is 6.04 Å². The van der Waals surface area contributed by atoms with Crippen LogP contribution in [0.1, 0.15) is 12.8 Å². The third-order valence-corrected chi connectivity index (χ3v) is 2.92. The molecule has 1 aliphatic rings. The average molecular weight is 285 g/mol. The Kier molecular flexibility index (Phi) is 5.98. The lowest BCUT2D eigenvalue weighted by molar-refractivity contribution is -0.140. The number of urea groups is 1. The summed E-state index contributed by atoms with van der Waals surface area (Å²) in [4.78, 5) is 35.0. The molecule has 8 heteroatoms. The summed E-state index contributed by atoms with van der Waals surface area (Å²) in [5, 5.41) is 11.2. The van der Waals surface area contributed by atoms with Crippen LogP contribution < -0.4 is 11.1 Å². The van der Waals surface area contributed by atoms with Gasteiger partial charge in [0.2, 0.25) is 5.91 Å². The second-order valence-corrected chi connectivity index (χ2v) is 4.50. The van der Waals surface area contributed by atoms with Crippen LogP contribution in [0, 0.1) is 0 Å². The van der Waals surface area contributed by atoms with E-state index in [1.54, 1.807) is 7.11 Å². The molecule has 1 heterocycles. The zero-order chi connectivity index (χ0) is 15.1. The highest BCUT2D eigenvalue weighted by Crippen LogP contribution is 2.11. The molecular weight excluding hydrogens is 266 g/mol. The first-order valence-electron chi connectivity index (χ1n) is 6.17. The lowest BCUT2D eigenvalue weighted by atomic mass is 10.1. The van der Waals surface area contributed by atoms with Gasteiger partial charge in [-0.15, -0.1) is 0 Å². The minimum absolute atomic E-state index is 0.382. The number of carbonyl (C=O) groups is 3. The summed E-state index contributed by atoms with van der Waals surface area (Å²) >= 11 is 0. The molecule has 8 nitrogen and oxygen atoms in total. The van der Waals surface area contributed by atoms with E-state index in [2.05, 4.69) is 5.32 Å². The molecule has 20 heavy (non-hydrogen) atoms. The summed E-state index contributed by atoms with van der Waals surface area (Å²) < 4.78 is 5.00. The monoisotopic (exact) mass is 285 g/mol. The highest BCUT2D eigenvalue weighted by Gasteiger charge is 2.25. The number of nitrogens with one attached hydrogen (secondary N) is 1. The van der Waals surface area contributed by atoms with Crippen molar-refractivity contribution >= 4 is 17.9 Å². The molecule has 0 saturated heterocycles. The normalized spacial score (nSPS) is 16.2. The number of nitrogens with zero attached hydrogens (tertiary/aromatic N) is 1. The highest BCUT2D eigenvalue weighted by atomic mass is 16.5. The van der Waals surface area contributed by atoms with Crippen LogP contribution in [0.3, 0.4) is 0 Å². The molecule has 4 N–H and O–H groups in total. The predicted molar refractivity (Wildman–Crippen MR) is 69.9 cm³/mol. The second-order valence-electron chi connectivity index (χ2n) is 4.50. The molecule has 0 saturated carbocycles. The van der Waals surface area contributed by atoms with Crippen molar-refractivity contribution in [3.63, 3.8) is 0 Å². The van der Waals surface area contributed by atoms with Crippen LogP contribution in [0.15, 0.2) is 11.6 Å². The first kappa shape index (κ1) is 16.0. The minimum atomic E-state index is -1.30. The first-order chi connectivity index (χ1) is 9.43. The number of primary amides is 1. The van der Waals surface area contributed by atoms with E-state index in [0.717, 1.165) is 5.57 Å². The van der Waals surface area contributed by atoms with E-state index in [-0.39, 0.29) is 0 Å². The van der Waals surface area contributed by atoms with Gasteiger partial charge in [0.25, 0.3) is 0 Å². The van der Waals surface area contributed by atoms with E-state index < -0.39 is 30.4 Å². The number of hydrogen-bond acceptors (Lipinski definition) is 4. The van der Waals surface area contributed by atoms with Crippen molar-refractivity contribution in [2.24, 2.45) is 5.73 Å². The second kappa shape index (κ2) is 7.49. The first-order valence-corrected chi connectivity index (χ1v) is 6.17. The molecule has 1 atom stereocenters. The number of carboxylic acid groups (broad SMARTS) is 1. The van der Waals surface area contributed by atoms with Crippen LogP contribution in [0.25, 0.3) is 0 Å². The van der Waals surface area contributed by atoms with Crippen LogP contribution in [-0.2, 0) is 14.3 Å². The quantitative estimate of drug-likeness (QED) is 0.557. The van der Waals surface area contributed by atoms with Crippen molar-refractivity contribution in [3.8, 4) is 0 Å². The number of amides is 3. The van der Waals surface area contributed by atoms with Crippen LogP contribution in [-0.4, -0.2) is 60.8 Å². The Hall–Kier alpha value is -2.09. The summed E-state index contributed by atoms with van der Waals surface area (Å²) in [7, 11) is 1.60. The molecule has 0 bridgehead atoms.